The molecule has 1 aliphatic rings. The Balaban J connectivity index is 1.63. The number of benzene rings is 1. The van der Waals surface area contributed by atoms with Crippen molar-refractivity contribution in [3.8, 4) is 0 Å². The van der Waals surface area contributed by atoms with Crippen molar-refractivity contribution in [1.29, 1.82) is 0 Å². The van der Waals surface area contributed by atoms with Crippen LogP contribution in [0.2, 0.25) is 0 Å². The normalized spacial score (nSPS) is 16.0. The molecule has 1 N–H and O–H groups in total. The number of hydrogen-bond acceptors (Lipinski definition) is 4. The number of rotatable bonds is 3. The zero-order chi connectivity index (χ0) is 14.7. The monoisotopic (exact) mass is 285 g/mol. The quantitative estimate of drug-likeness (QED) is 0.940. The van der Waals surface area contributed by atoms with Crippen molar-refractivity contribution < 1.29 is 9.21 Å². The first-order valence-electron chi connectivity index (χ1n) is 7.09. The van der Waals surface area contributed by atoms with Gasteiger partial charge in [-0.3, -0.25) is 4.79 Å². The Labute approximate surface area is 124 Å². The molecule has 0 radical (unpaired) electrons. The van der Waals surface area contributed by atoms with Crippen molar-refractivity contribution in [2.75, 3.05) is 43.4 Å². The summed E-state index contributed by atoms with van der Waals surface area (Å²) >= 11 is 0. The minimum Gasteiger partial charge on any atom is -0.472 e. The molecule has 1 aromatic carbocycles. The first-order valence-corrected chi connectivity index (χ1v) is 7.09. The van der Waals surface area contributed by atoms with Gasteiger partial charge in [-0.05, 0) is 37.4 Å². The van der Waals surface area contributed by atoms with Crippen LogP contribution in [0.1, 0.15) is 10.4 Å². The van der Waals surface area contributed by atoms with Gasteiger partial charge in [0.1, 0.15) is 6.26 Å². The number of likely N-dealkylation sites (N-methyl/N-ethyl adjacent to an activating group) is 1. The van der Waals surface area contributed by atoms with Gasteiger partial charge in [0.15, 0.2) is 0 Å². The van der Waals surface area contributed by atoms with Crippen molar-refractivity contribution in [2.45, 2.75) is 0 Å². The van der Waals surface area contributed by atoms with Crippen molar-refractivity contribution in [1.82, 2.24) is 4.90 Å². The number of amides is 1. The molecule has 0 aliphatic carbocycles. The molecule has 0 bridgehead atoms. The molecule has 0 unspecified atom stereocenters. The maximum absolute atomic E-state index is 11.9. The predicted molar refractivity (Wildman–Crippen MR) is 82.8 cm³/mol. The minimum absolute atomic E-state index is 0.156. The van der Waals surface area contributed by atoms with E-state index in [1.807, 2.05) is 12.1 Å². The molecule has 0 spiro atoms. The van der Waals surface area contributed by atoms with Gasteiger partial charge < -0.3 is 19.5 Å². The molecule has 21 heavy (non-hydrogen) atoms. The van der Waals surface area contributed by atoms with E-state index in [-0.39, 0.29) is 5.91 Å². The van der Waals surface area contributed by atoms with E-state index >= 15 is 0 Å². The summed E-state index contributed by atoms with van der Waals surface area (Å²) in [5, 5.41) is 2.86. The van der Waals surface area contributed by atoms with Crippen LogP contribution in [0.4, 0.5) is 11.4 Å². The second kappa shape index (κ2) is 6.01. The number of anilines is 2. The van der Waals surface area contributed by atoms with Crippen LogP contribution in [-0.2, 0) is 0 Å². The van der Waals surface area contributed by atoms with Gasteiger partial charge in [0.2, 0.25) is 0 Å². The highest BCUT2D eigenvalue weighted by Crippen LogP contribution is 2.19. The van der Waals surface area contributed by atoms with Gasteiger partial charge in [-0.15, -0.1) is 0 Å². The summed E-state index contributed by atoms with van der Waals surface area (Å²) in [4.78, 5) is 16.6. The van der Waals surface area contributed by atoms with Crippen LogP contribution in [0, 0.1) is 0 Å². The molecule has 5 heteroatoms. The molecule has 1 saturated heterocycles. The summed E-state index contributed by atoms with van der Waals surface area (Å²) in [6.07, 6.45) is 2.93. The lowest BCUT2D eigenvalue weighted by molar-refractivity contribution is 0.102. The highest BCUT2D eigenvalue weighted by Gasteiger charge is 2.14. The average molecular weight is 285 g/mol. The van der Waals surface area contributed by atoms with Crippen LogP contribution in [-0.4, -0.2) is 44.0 Å². The number of piperazine rings is 1. The van der Waals surface area contributed by atoms with E-state index in [0.29, 0.717) is 5.56 Å². The smallest absolute Gasteiger partial charge is 0.258 e. The maximum Gasteiger partial charge on any atom is 0.258 e. The van der Waals surface area contributed by atoms with E-state index in [1.54, 1.807) is 6.07 Å². The highest BCUT2D eigenvalue weighted by molar-refractivity contribution is 6.04. The second-order valence-electron chi connectivity index (χ2n) is 5.30. The molecule has 3 rings (SSSR count). The molecular weight excluding hydrogens is 266 g/mol. The van der Waals surface area contributed by atoms with Crippen molar-refractivity contribution in [2.24, 2.45) is 0 Å². The van der Waals surface area contributed by atoms with Crippen molar-refractivity contribution in [3.05, 3.63) is 48.4 Å². The summed E-state index contributed by atoms with van der Waals surface area (Å²) in [5.74, 6) is -0.156. The molecule has 1 aliphatic heterocycles. The van der Waals surface area contributed by atoms with E-state index in [0.717, 1.165) is 31.9 Å². The Bertz CT molecular complexity index is 584. The fraction of sp³-hybridized carbons (Fsp3) is 0.312. The van der Waals surface area contributed by atoms with Crippen LogP contribution in [0.15, 0.2) is 47.3 Å². The SMILES string of the molecule is CN1CCN(c2ccc(NC(=O)c3ccoc3)cc2)CC1. The lowest BCUT2D eigenvalue weighted by Crippen LogP contribution is -2.44. The van der Waals surface area contributed by atoms with Crippen LogP contribution < -0.4 is 10.2 Å². The number of nitrogens with zero attached hydrogens (tertiary/aromatic N) is 2. The topological polar surface area (TPSA) is 48.7 Å². The molecule has 1 fully saturated rings. The van der Waals surface area contributed by atoms with Crippen molar-refractivity contribution in [3.63, 3.8) is 0 Å². The van der Waals surface area contributed by atoms with Crippen LogP contribution >= 0.6 is 0 Å². The first kappa shape index (κ1) is 13.7. The lowest BCUT2D eigenvalue weighted by Gasteiger charge is -2.34. The Hall–Kier alpha value is -2.27. The number of nitrogens with one attached hydrogen (secondary N) is 1. The molecule has 1 amide bonds. The van der Waals surface area contributed by atoms with Crippen LogP contribution in [0.25, 0.3) is 0 Å². The third kappa shape index (κ3) is 3.25. The molecule has 5 nitrogen and oxygen atoms in total. The average Bonchev–Trinajstić information content (AvgIpc) is 3.03. The predicted octanol–water partition coefficient (Wildman–Crippen LogP) is 2.28. The highest BCUT2D eigenvalue weighted by atomic mass is 16.3. The first-order chi connectivity index (χ1) is 10.2. The second-order valence-corrected chi connectivity index (χ2v) is 5.30. The van der Waals surface area contributed by atoms with Gasteiger partial charge in [-0.1, -0.05) is 0 Å². The summed E-state index contributed by atoms with van der Waals surface area (Å²) in [5.41, 5.74) is 2.52. The van der Waals surface area contributed by atoms with E-state index in [2.05, 4.69) is 34.3 Å². The fourth-order valence-corrected chi connectivity index (χ4v) is 2.42. The van der Waals surface area contributed by atoms with Crippen molar-refractivity contribution >= 4 is 17.3 Å². The standard InChI is InChI=1S/C16H19N3O2/c1-18-7-9-19(10-8-18)15-4-2-14(3-5-15)17-16(20)13-6-11-21-12-13/h2-6,11-12H,7-10H2,1H3,(H,17,20). The molecule has 0 saturated carbocycles. The van der Waals surface area contributed by atoms with E-state index < -0.39 is 0 Å². The maximum atomic E-state index is 11.9. The molecule has 2 aromatic rings. The minimum atomic E-state index is -0.156. The third-order valence-corrected chi connectivity index (χ3v) is 3.78. The number of carbonyl (C=O) groups excluding carboxylic acids is 1. The van der Waals surface area contributed by atoms with Gasteiger partial charge in [0, 0.05) is 37.6 Å². The Morgan fingerprint density at radius 2 is 1.81 bits per heavy atom. The zero-order valence-corrected chi connectivity index (χ0v) is 12.1. The molecule has 110 valence electrons. The summed E-state index contributed by atoms with van der Waals surface area (Å²) in [6, 6.07) is 9.62. The number of hydrogen-bond donors (Lipinski definition) is 1. The summed E-state index contributed by atoms with van der Waals surface area (Å²) in [6.45, 7) is 4.24. The fourth-order valence-electron chi connectivity index (χ4n) is 2.42. The Kier molecular flexibility index (Phi) is 3.92. The molecule has 2 heterocycles. The van der Waals surface area contributed by atoms with Gasteiger partial charge in [0.05, 0.1) is 11.8 Å². The Morgan fingerprint density at radius 3 is 2.43 bits per heavy atom. The largest absolute Gasteiger partial charge is 0.472 e. The van der Waals surface area contributed by atoms with E-state index in [9.17, 15) is 4.79 Å². The molecule has 0 atom stereocenters. The number of furan rings is 1. The summed E-state index contributed by atoms with van der Waals surface area (Å²) in [7, 11) is 2.14. The van der Waals surface area contributed by atoms with Gasteiger partial charge >= 0.3 is 0 Å². The number of carbonyl (C=O) groups is 1. The van der Waals surface area contributed by atoms with Gasteiger partial charge in [0.25, 0.3) is 5.91 Å². The lowest BCUT2D eigenvalue weighted by atomic mass is 10.2. The molecular formula is C16H19N3O2. The third-order valence-electron chi connectivity index (χ3n) is 3.78. The van der Waals surface area contributed by atoms with E-state index in [1.165, 1.54) is 18.2 Å². The molecule has 1 aromatic heterocycles. The summed E-state index contributed by atoms with van der Waals surface area (Å²) < 4.78 is 4.91. The van der Waals surface area contributed by atoms with E-state index in [4.69, 9.17) is 4.42 Å². The van der Waals surface area contributed by atoms with Crippen LogP contribution in [0.5, 0.6) is 0 Å². The zero-order valence-electron chi connectivity index (χ0n) is 12.1. The van der Waals surface area contributed by atoms with Gasteiger partial charge in [-0.25, -0.2) is 0 Å². The van der Waals surface area contributed by atoms with Gasteiger partial charge in [-0.2, -0.15) is 0 Å². The van der Waals surface area contributed by atoms with Crippen LogP contribution in [0.3, 0.4) is 0 Å². The Morgan fingerprint density at radius 1 is 1.10 bits per heavy atom.